The number of hydrogen-bond donors (Lipinski definition) is 1. The standard InChI is InChI=1S/C22H19F5N4/c23-14-3-5-17(19(24)11-14)16-4-2-13(10-18(16)22(25,26)27)20-12-15(28)6-9-31(20)21-29-7-1-8-30-21/h1-5,7-8,10-11,15,20H,6,9,12,28H2. The van der Waals surface area contributed by atoms with Crippen LogP contribution in [0, 0.1) is 11.6 Å². The minimum Gasteiger partial charge on any atom is -0.334 e. The molecule has 4 rings (SSSR count). The van der Waals surface area contributed by atoms with E-state index in [9.17, 15) is 22.0 Å². The molecule has 2 N–H and O–H groups in total. The van der Waals surface area contributed by atoms with Crippen LogP contribution in [-0.4, -0.2) is 22.6 Å². The molecular formula is C22H19F5N4. The fourth-order valence-corrected chi connectivity index (χ4v) is 3.93. The van der Waals surface area contributed by atoms with Crippen LogP contribution in [0.1, 0.15) is 30.0 Å². The molecule has 2 aromatic carbocycles. The molecule has 0 aliphatic carbocycles. The van der Waals surface area contributed by atoms with Gasteiger partial charge in [0, 0.05) is 36.6 Å². The van der Waals surface area contributed by atoms with Crippen molar-refractivity contribution in [1.82, 2.24) is 9.97 Å². The number of aromatic nitrogens is 2. The molecule has 1 fully saturated rings. The molecule has 1 aliphatic rings. The Labute approximate surface area is 175 Å². The highest BCUT2D eigenvalue weighted by Crippen LogP contribution is 2.41. The van der Waals surface area contributed by atoms with Crippen molar-refractivity contribution in [2.24, 2.45) is 5.73 Å². The minimum atomic E-state index is -4.74. The highest BCUT2D eigenvalue weighted by molar-refractivity contribution is 5.69. The molecule has 0 radical (unpaired) electrons. The summed E-state index contributed by atoms with van der Waals surface area (Å²) in [5, 5.41) is 0. The van der Waals surface area contributed by atoms with Gasteiger partial charge in [0.1, 0.15) is 11.6 Å². The second kappa shape index (κ2) is 8.22. The molecule has 0 bridgehead atoms. The lowest BCUT2D eigenvalue weighted by molar-refractivity contribution is -0.137. The van der Waals surface area contributed by atoms with Gasteiger partial charge >= 0.3 is 6.18 Å². The van der Waals surface area contributed by atoms with Crippen molar-refractivity contribution in [3.8, 4) is 11.1 Å². The number of nitrogens with zero attached hydrogens (tertiary/aromatic N) is 3. The normalized spacial score (nSPS) is 19.5. The molecule has 0 amide bonds. The van der Waals surface area contributed by atoms with Gasteiger partial charge in [-0.2, -0.15) is 13.2 Å². The molecule has 4 nitrogen and oxygen atoms in total. The smallest absolute Gasteiger partial charge is 0.334 e. The summed E-state index contributed by atoms with van der Waals surface area (Å²) in [6.07, 6.45) is -0.540. The van der Waals surface area contributed by atoms with Gasteiger partial charge < -0.3 is 10.6 Å². The Kier molecular flexibility index (Phi) is 5.62. The summed E-state index contributed by atoms with van der Waals surface area (Å²) in [6.45, 7) is 0.492. The van der Waals surface area contributed by atoms with Gasteiger partial charge in [0.05, 0.1) is 11.6 Å². The van der Waals surface area contributed by atoms with E-state index in [1.54, 1.807) is 18.5 Å². The van der Waals surface area contributed by atoms with E-state index in [0.29, 0.717) is 37.0 Å². The van der Waals surface area contributed by atoms with E-state index >= 15 is 0 Å². The Hall–Kier alpha value is -3.07. The highest BCUT2D eigenvalue weighted by Gasteiger charge is 2.37. The monoisotopic (exact) mass is 434 g/mol. The van der Waals surface area contributed by atoms with Crippen molar-refractivity contribution in [2.75, 3.05) is 11.4 Å². The quantitative estimate of drug-likeness (QED) is 0.582. The first-order valence-electron chi connectivity index (χ1n) is 9.70. The lowest BCUT2D eigenvalue weighted by atomic mass is 9.89. The molecule has 0 saturated carbocycles. The molecule has 0 spiro atoms. The largest absolute Gasteiger partial charge is 0.417 e. The van der Waals surface area contributed by atoms with Crippen molar-refractivity contribution >= 4 is 5.95 Å². The number of rotatable bonds is 3. The summed E-state index contributed by atoms with van der Waals surface area (Å²) in [5.74, 6) is -1.51. The average molecular weight is 434 g/mol. The van der Waals surface area contributed by atoms with Crippen LogP contribution in [0.2, 0.25) is 0 Å². The molecule has 2 heterocycles. The van der Waals surface area contributed by atoms with Crippen LogP contribution in [0.3, 0.4) is 0 Å². The SMILES string of the molecule is NC1CCN(c2ncccn2)C(c2ccc(-c3ccc(F)cc3F)c(C(F)(F)F)c2)C1. The van der Waals surface area contributed by atoms with Crippen molar-refractivity contribution in [1.29, 1.82) is 0 Å². The van der Waals surface area contributed by atoms with E-state index in [1.807, 2.05) is 4.90 Å². The number of benzene rings is 2. The summed E-state index contributed by atoms with van der Waals surface area (Å²) in [5.41, 5.74) is 4.82. The van der Waals surface area contributed by atoms with E-state index in [-0.39, 0.29) is 17.2 Å². The van der Waals surface area contributed by atoms with Gasteiger partial charge in [-0.1, -0.05) is 12.1 Å². The Morgan fingerprint density at radius 3 is 2.35 bits per heavy atom. The van der Waals surface area contributed by atoms with Gasteiger partial charge in [-0.3, -0.25) is 0 Å². The molecule has 1 aromatic heterocycles. The molecule has 2 atom stereocenters. The number of nitrogens with two attached hydrogens (primary N) is 1. The second-order valence-corrected chi connectivity index (χ2v) is 7.47. The lowest BCUT2D eigenvalue weighted by Crippen LogP contribution is -2.43. The van der Waals surface area contributed by atoms with Crippen molar-refractivity contribution in [3.63, 3.8) is 0 Å². The minimum absolute atomic E-state index is 0.187. The maximum absolute atomic E-state index is 14.2. The zero-order valence-electron chi connectivity index (χ0n) is 16.3. The van der Waals surface area contributed by atoms with Crippen molar-refractivity contribution < 1.29 is 22.0 Å². The predicted octanol–water partition coefficient (Wildman–Crippen LogP) is 5.11. The zero-order chi connectivity index (χ0) is 22.2. The van der Waals surface area contributed by atoms with E-state index in [4.69, 9.17) is 5.73 Å². The maximum Gasteiger partial charge on any atom is 0.417 e. The van der Waals surface area contributed by atoms with Gasteiger partial charge in [0.15, 0.2) is 0 Å². The Balaban J connectivity index is 1.81. The van der Waals surface area contributed by atoms with E-state index in [0.717, 1.165) is 18.2 Å². The van der Waals surface area contributed by atoms with Crippen LogP contribution in [0.4, 0.5) is 27.9 Å². The Morgan fingerprint density at radius 1 is 0.968 bits per heavy atom. The van der Waals surface area contributed by atoms with Crippen LogP contribution in [-0.2, 0) is 6.18 Å². The molecule has 31 heavy (non-hydrogen) atoms. The lowest BCUT2D eigenvalue weighted by Gasteiger charge is -2.39. The van der Waals surface area contributed by atoms with Crippen LogP contribution in [0.5, 0.6) is 0 Å². The molecule has 1 aliphatic heterocycles. The van der Waals surface area contributed by atoms with Gasteiger partial charge in [-0.05, 0) is 48.2 Å². The van der Waals surface area contributed by atoms with E-state index in [2.05, 4.69) is 9.97 Å². The second-order valence-electron chi connectivity index (χ2n) is 7.47. The van der Waals surface area contributed by atoms with E-state index in [1.165, 1.54) is 12.1 Å². The van der Waals surface area contributed by atoms with Crippen LogP contribution in [0.25, 0.3) is 11.1 Å². The molecule has 9 heteroatoms. The number of anilines is 1. The Morgan fingerprint density at radius 2 is 1.68 bits per heavy atom. The van der Waals surface area contributed by atoms with Gasteiger partial charge in [-0.15, -0.1) is 0 Å². The fraction of sp³-hybridized carbons (Fsp3) is 0.273. The third-order valence-electron chi connectivity index (χ3n) is 5.41. The molecular weight excluding hydrogens is 415 g/mol. The number of halogens is 5. The molecule has 162 valence electrons. The fourth-order valence-electron chi connectivity index (χ4n) is 3.93. The Bertz CT molecular complexity index is 1070. The summed E-state index contributed by atoms with van der Waals surface area (Å²) < 4.78 is 69.3. The van der Waals surface area contributed by atoms with Crippen LogP contribution in [0.15, 0.2) is 54.9 Å². The average Bonchev–Trinajstić information content (AvgIpc) is 2.73. The summed E-state index contributed by atoms with van der Waals surface area (Å²) in [4.78, 5) is 10.3. The van der Waals surface area contributed by atoms with Gasteiger partial charge in [-0.25, -0.2) is 18.7 Å². The summed E-state index contributed by atoms with van der Waals surface area (Å²) in [7, 11) is 0. The van der Waals surface area contributed by atoms with Crippen molar-refractivity contribution in [3.05, 3.63) is 77.6 Å². The summed E-state index contributed by atoms with van der Waals surface area (Å²) in [6, 6.07) is 7.26. The first kappa shape index (κ1) is 21.2. The third kappa shape index (κ3) is 4.36. The topological polar surface area (TPSA) is 55.0 Å². The zero-order valence-corrected chi connectivity index (χ0v) is 16.3. The summed E-state index contributed by atoms with van der Waals surface area (Å²) >= 11 is 0. The third-order valence-corrected chi connectivity index (χ3v) is 5.41. The molecule has 2 unspecified atom stereocenters. The van der Waals surface area contributed by atoms with Crippen LogP contribution >= 0.6 is 0 Å². The maximum atomic E-state index is 14.2. The number of hydrogen-bond acceptors (Lipinski definition) is 4. The molecule has 3 aromatic rings. The number of alkyl halides is 3. The van der Waals surface area contributed by atoms with Crippen LogP contribution < -0.4 is 10.6 Å². The van der Waals surface area contributed by atoms with Gasteiger partial charge in [0.2, 0.25) is 5.95 Å². The van der Waals surface area contributed by atoms with Crippen molar-refractivity contribution in [2.45, 2.75) is 31.1 Å². The molecule has 1 saturated heterocycles. The highest BCUT2D eigenvalue weighted by atomic mass is 19.4. The first-order chi connectivity index (χ1) is 14.7. The predicted molar refractivity (Wildman–Crippen MR) is 106 cm³/mol. The van der Waals surface area contributed by atoms with Gasteiger partial charge in [0.25, 0.3) is 0 Å². The number of piperidine rings is 1. The van der Waals surface area contributed by atoms with E-state index < -0.39 is 29.4 Å². The first-order valence-corrected chi connectivity index (χ1v) is 9.70.